The van der Waals surface area contributed by atoms with Crippen LogP contribution >= 0.6 is 0 Å². The molecule has 2 saturated carbocycles. The molecule has 0 spiro atoms. The Bertz CT molecular complexity index is 472. The molecule has 1 aromatic carbocycles. The minimum atomic E-state index is 0.294. The fourth-order valence-electron chi connectivity index (χ4n) is 3.71. The molecule has 1 aromatic rings. The summed E-state index contributed by atoms with van der Waals surface area (Å²) in [7, 11) is 0. The number of hydrogen-bond acceptors (Lipinski definition) is 2. The van der Waals surface area contributed by atoms with Gasteiger partial charge in [0.25, 0.3) is 0 Å². The summed E-state index contributed by atoms with van der Waals surface area (Å²) < 4.78 is 0. The normalized spacial score (nSPS) is 27.2. The van der Waals surface area contributed by atoms with Gasteiger partial charge in [-0.15, -0.1) is 0 Å². The second-order valence-corrected chi connectivity index (χ2v) is 6.25. The van der Waals surface area contributed by atoms with E-state index in [2.05, 4.69) is 31.2 Å². The maximum absolute atomic E-state index is 12.8. The summed E-state index contributed by atoms with van der Waals surface area (Å²) in [5, 5.41) is 0. The maximum atomic E-state index is 12.8. The Hall–Kier alpha value is -1.35. The Morgan fingerprint density at radius 3 is 2.50 bits per heavy atom. The van der Waals surface area contributed by atoms with Gasteiger partial charge in [-0.1, -0.05) is 24.1 Å². The minimum absolute atomic E-state index is 0.294. The van der Waals surface area contributed by atoms with Gasteiger partial charge in [-0.3, -0.25) is 4.79 Å². The Morgan fingerprint density at radius 2 is 1.90 bits per heavy atom. The van der Waals surface area contributed by atoms with Crippen LogP contribution in [0.25, 0.3) is 0 Å². The predicted octanol–water partition coefficient (Wildman–Crippen LogP) is 2.72. The van der Waals surface area contributed by atoms with E-state index in [9.17, 15) is 4.79 Å². The molecule has 3 heteroatoms. The average molecular weight is 272 g/mol. The largest absolute Gasteiger partial charge is 0.330 e. The topological polar surface area (TPSA) is 46.3 Å². The van der Waals surface area contributed by atoms with Crippen LogP contribution in [0.4, 0.5) is 5.69 Å². The first kappa shape index (κ1) is 13.6. The van der Waals surface area contributed by atoms with Crippen molar-refractivity contribution in [3.05, 3.63) is 29.8 Å². The lowest BCUT2D eigenvalue weighted by atomic mass is 10.1. The summed E-state index contributed by atoms with van der Waals surface area (Å²) in [6.45, 7) is 3.45. The Balaban J connectivity index is 1.75. The van der Waals surface area contributed by atoms with Gasteiger partial charge in [0, 0.05) is 18.2 Å². The summed E-state index contributed by atoms with van der Waals surface area (Å²) in [5.74, 6) is 1.97. The number of nitrogens with zero attached hydrogens (tertiary/aromatic N) is 1. The molecule has 20 heavy (non-hydrogen) atoms. The van der Waals surface area contributed by atoms with Gasteiger partial charge in [0.1, 0.15) is 0 Å². The smallest absolute Gasteiger partial charge is 0.230 e. The van der Waals surface area contributed by atoms with Crippen LogP contribution in [0, 0.1) is 24.7 Å². The van der Waals surface area contributed by atoms with Gasteiger partial charge >= 0.3 is 0 Å². The van der Waals surface area contributed by atoms with E-state index < -0.39 is 0 Å². The molecule has 0 aromatic heterocycles. The van der Waals surface area contributed by atoms with Crippen molar-refractivity contribution in [2.24, 2.45) is 23.5 Å². The van der Waals surface area contributed by atoms with Crippen LogP contribution in [0.15, 0.2) is 24.3 Å². The number of amides is 1. The van der Waals surface area contributed by atoms with Crippen molar-refractivity contribution in [3.63, 3.8) is 0 Å². The molecule has 2 aliphatic rings. The molecular formula is C17H24N2O. The van der Waals surface area contributed by atoms with Crippen LogP contribution in [0.2, 0.25) is 0 Å². The molecule has 108 valence electrons. The fraction of sp³-hybridized carbons (Fsp3) is 0.588. The second kappa shape index (κ2) is 5.57. The summed E-state index contributed by atoms with van der Waals surface area (Å²) in [6, 6.07) is 8.27. The van der Waals surface area contributed by atoms with Crippen LogP contribution in [-0.4, -0.2) is 19.0 Å². The van der Waals surface area contributed by atoms with E-state index in [1.807, 2.05) is 4.90 Å². The molecule has 0 aliphatic heterocycles. The zero-order chi connectivity index (χ0) is 14.1. The fourth-order valence-corrected chi connectivity index (χ4v) is 3.71. The highest BCUT2D eigenvalue weighted by Crippen LogP contribution is 2.58. The molecule has 3 nitrogen and oxygen atoms in total. The molecule has 0 radical (unpaired) electrons. The molecule has 2 fully saturated rings. The number of nitrogens with two attached hydrogens (primary N) is 1. The highest BCUT2D eigenvalue weighted by atomic mass is 16.2. The van der Waals surface area contributed by atoms with Crippen molar-refractivity contribution in [1.82, 2.24) is 0 Å². The quantitative estimate of drug-likeness (QED) is 0.896. The third kappa shape index (κ3) is 2.47. The zero-order valence-corrected chi connectivity index (χ0v) is 12.2. The van der Waals surface area contributed by atoms with Gasteiger partial charge in [0.15, 0.2) is 0 Å². The molecular weight excluding hydrogens is 248 g/mol. The van der Waals surface area contributed by atoms with Crippen LogP contribution in [0.1, 0.15) is 31.2 Å². The lowest BCUT2D eigenvalue weighted by Crippen LogP contribution is -2.35. The van der Waals surface area contributed by atoms with E-state index in [1.54, 1.807) is 0 Å². The second-order valence-electron chi connectivity index (χ2n) is 6.25. The van der Waals surface area contributed by atoms with Crippen molar-refractivity contribution in [2.75, 3.05) is 18.0 Å². The van der Waals surface area contributed by atoms with E-state index in [4.69, 9.17) is 5.73 Å². The molecule has 2 atom stereocenters. The summed E-state index contributed by atoms with van der Waals surface area (Å²) >= 11 is 0. The van der Waals surface area contributed by atoms with Crippen LogP contribution in [-0.2, 0) is 4.79 Å². The molecule has 0 bridgehead atoms. The lowest BCUT2D eigenvalue weighted by molar-refractivity contribution is -0.120. The van der Waals surface area contributed by atoms with Crippen LogP contribution < -0.4 is 10.6 Å². The minimum Gasteiger partial charge on any atom is -0.330 e. The van der Waals surface area contributed by atoms with Crippen LogP contribution in [0.3, 0.4) is 0 Å². The first-order chi connectivity index (χ1) is 9.72. The van der Waals surface area contributed by atoms with E-state index in [0.717, 1.165) is 18.7 Å². The van der Waals surface area contributed by atoms with Crippen LogP contribution in [0.5, 0.6) is 0 Å². The summed E-state index contributed by atoms with van der Waals surface area (Å²) in [5.41, 5.74) is 7.88. The molecule has 3 rings (SSSR count). The number of carbonyl (C=O) groups is 1. The summed E-state index contributed by atoms with van der Waals surface area (Å²) in [4.78, 5) is 14.8. The molecule has 0 heterocycles. The van der Waals surface area contributed by atoms with Gasteiger partial charge < -0.3 is 10.6 Å². The standard InChI is InChI=1S/C17H24N2O/c1-12-6-8-13(9-7-12)19(11-3-10-18)17(20)16-14-4-2-5-15(14)16/h6-9,14-16H,2-5,10-11,18H2,1H3. The van der Waals surface area contributed by atoms with Gasteiger partial charge in [0.2, 0.25) is 5.91 Å². The SMILES string of the molecule is Cc1ccc(N(CCCN)C(=O)C2C3CCCC32)cc1. The highest BCUT2D eigenvalue weighted by molar-refractivity contribution is 5.97. The van der Waals surface area contributed by atoms with Gasteiger partial charge in [0.05, 0.1) is 0 Å². The Kier molecular flexibility index (Phi) is 3.79. The lowest BCUT2D eigenvalue weighted by Gasteiger charge is -2.24. The maximum Gasteiger partial charge on any atom is 0.230 e. The Labute approximate surface area is 121 Å². The van der Waals surface area contributed by atoms with E-state index in [0.29, 0.717) is 30.2 Å². The van der Waals surface area contributed by atoms with E-state index >= 15 is 0 Å². The zero-order valence-electron chi connectivity index (χ0n) is 12.2. The average Bonchev–Trinajstić information content (AvgIpc) is 2.93. The van der Waals surface area contributed by atoms with Crippen molar-refractivity contribution in [1.29, 1.82) is 0 Å². The first-order valence-electron chi connectivity index (χ1n) is 7.80. The van der Waals surface area contributed by atoms with Crippen molar-refractivity contribution >= 4 is 11.6 Å². The molecule has 2 N–H and O–H groups in total. The van der Waals surface area contributed by atoms with Gasteiger partial charge in [-0.2, -0.15) is 0 Å². The van der Waals surface area contributed by atoms with Crippen molar-refractivity contribution in [2.45, 2.75) is 32.6 Å². The molecule has 2 aliphatic carbocycles. The number of aryl methyl sites for hydroxylation is 1. The number of hydrogen-bond donors (Lipinski definition) is 1. The van der Waals surface area contributed by atoms with Crippen molar-refractivity contribution < 1.29 is 4.79 Å². The number of benzene rings is 1. The predicted molar refractivity (Wildman–Crippen MR) is 81.5 cm³/mol. The number of rotatable bonds is 5. The molecule has 0 saturated heterocycles. The van der Waals surface area contributed by atoms with E-state index in [-0.39, 0.29) is 0 Å². The van der Waals surface area contributed by atoms with Crippen molar-refractivity contribution in [3.8, 4) is 0 Å². The van der Waals surface area contributed by atoms with Gasteiger partial charge in [-0.25, -0.2) is 0 Å². The highest BCUT2D eigenvalue weighted by Gasteiger charge is 2.57. The molecule has 2 unspecified atom stereocenters. The molecule has 1 amide bonds. The number of anilines is 1. The monoisotopic (exact) mass is 272 g/mol. The first-order valence-corrected chi connectivity index (χ1v) is 7.80. The third-order valence-corrected chi connectivity index (χ3v) is 4.89. The summed E-state index contributed by atoms with van der Waals surface area (Å²) in [6.07, 6.45) is 4.67. The van der Waals surface area contributed by atoms with Gasteiger partial charge in [-0.05, 0) is 56.7 Å². The van der Waals surface area contributed by atoms with E-state index in [1.165, 1.54) is 24.8 Å². The number of fused-ring (bicyclic) bond motifs is 1. The number of carbonyl (C=O) groups excluding carboxylic acids is 1. The third-order valence-electron chi connectivity index (χ3n) is 4.89. The Morgan fingerprint density at radius 1 is 1.25 bits per heavy atom.